The van der Waals surface area contributed by atoms with E-state index in [1.165, 1.54) is 32.1 Å². The number of ether oxygens (including phenoxy) is 2. The lowest BCUT2D eigenvalue weighted by Crippen LogP contribution is -2.55. The number of aliphatic hydroxyl groups is 1. The second-order valence-corrected chi connectivity index (χ2v) is 22.2. The molecule has 3 N–H and O–H groups in total. The van der Waals surface area contributed by atoms with E-state index < -0.39 is 65.8 Å². The number of likely N-dealkylation sites (tertiary alicyclic amines) is 2. The van der Waals surface area contributed by atoms with E-state index in [1.54, 1.807) is 52.9 Å². The molecule has 4 aromatic carbocycles. The van der Waals surface area contributed by atoms with Crippen molar-refractivity contribution in [3.05, 3.63) is 135 Å². The molecular formula is C58H65FN8O9S. The molecule has 10 rings (SSSR count). The number of halogens is 1. The van der Waals surface area contributed by atoms with E-state index in [4.69, 9.17) is 9.47 Å². The van der Waals surface area contributed by atoms with Gasteiger partial charge in [0.1, 0.15) is 41.8 Å². The molecule has 0 bridgehead atoms. The number of benzene rings is 4. The number of aliphatic hydroxyl groups excluding tert-OH is 1. The molecule has 1 aromatic heterocycles. The molecular weight excluding hydrogens is 1000 g/mol. The molecule has 6 heterocycles. The highest BCUT2D eigenvalue weighted by Gasteiger charge is 2.49. The van der Waals surface area contributed by atoms with Gasteiger partial charge in [-0.25, -0.2) is 9.37 Å². The van der Waals surface area contributed by atoms with Crippen LogP contribution in [0, 0.1) is 24.6 Å². The van der Waals surface area contributed by atoms with Crippen LogP contribution in [0.3, 0.4) is 0 Å². The number of thiazole rings is 1. The zero-order valence-corrected chi connectivity index (χ0v) is 44.8. The van der Waals surface area contributed by atoms with Gasteiger partial charge in [0, 0.05) is 81.0 Å². The van der Waals surface area contributed by atoms with Gasteiger partial charge in [0.05, 0.1) is 41.9 Å². The van der Waals surface area contributed by atoms with Crippen LogP contribution in [-0.2, 0) is 50.1 Å². The number of hydrogen-bond donors (Lipinski definition) is 3. The summed E-state index contributed by atoms with van der Waals surface area (Å²) < 4.78 is 27.4. The molecule has 5 aliphatic rings. The SMILES string of the molecule is Cc1ncsc1-c1ccc(CNC(=O)[C@@H]2C[C@@H](O)CN2C(=O)[C@H](C(C)C)N2Cc3ccc(O[C@@H]4C[C@@H](C(=O)NCc5ccc(N6CCOCC6)cc5)N(C(=O)[C@H](C(C)C)N5Cc6ccccc6C5=O)C4)cc3C2=O)c(F)c1. The fraction of sp³-hybridized carbons (Fsp3) is 0.431. The summed E-state index contributed by atoms with van der Waals surface area (Å²) in [6.07, 6.45) is -1.55. The Labute approximate surface area is 451 Å². The number of nitrogens with zero attached hydrogens (tertiary/aromatic N) is 6. The zero-order chi connectivity index (χ0) is 54.2. The second-order valence-electron chi connectivity index (χ2n) is 21.4. The van der Waals surface area contributed by atoms with Crippen LogP contribution in [0.1, 0.15) is 89.2 Å². The maximum absolute atomic E-state index is 15.3. The van der Waals surface area contributed by atoms with E-state index in [0.717, 1.165) is 40.5 Å². The molecule has 5 aliphatic heterocycles. The molecule has 17 nitrogen and oxygen atoms in total. The van der Waals surface area contributed by atoms with Gasteiger partial charge in [0.15, 0.2) is 0 Å². The Balaban J connectivity index is 0.825. The first-order valence-electron chi connectivity index (χ1n) is 26.5. The second kappa shape index (κ2) is 22.4. The first-order valence-corrected chi connectivity index (χ1v) is 27.4. The predicted molar refractivity (Wildman–Crippen MR) is 286 cm³/mol. The fourth-order valence-electron chi connectivity index (χ4n) is 11.5. The van der Waals surface area contributed by atoms with Crippen LogP contribution in [0.2, 0.25) is 0 Å². The number of fused-ring (bicyclic) bond motifs is 2. The first-order chi connectivity index (χ1) is 37.0. The van der Waals surface area contributed by atoms with E-state index in [9.17, 15) is 33.9 Å². The van der Waals surface area contributed by atoms with Crippen molar-refractivity contribution in [2.75, 3.05) is 44.3 Å². The van der Waals surface area contributed by atoms with E-state index in [2.05, 4.69) is 20.5 Å². The number of morpholine rings is 1. The summed E-state index contributed by atoms with van der Waals surface area (Å²) in [7, 11) is 0. The van der Waals surface area contributed by atoms with Gasteiger partial charge in [0.2, 0.25) is 23.6 Å². The minimum Gasteiger partial charge on any atom is -0.488 e. The Bertz CT molecular complexity index is 3070. The van der Waals surface area contributed by atoms with Crippen molar-refractivity contribution in [1.29, 1.82) is 0 Å². The largest absolute Gasteiger partial charge is 0.488 e. The number of amides is 6. The Morgan fingerprint density at radius 1 is 0.766 bits per heavy atom. The number of hydrogen-bond acceptors (Lipinski definition) is 12. The van der Waals surface area contributed by atoms with Crippen LogP contribution in [-0.4, -0.2) is 141 Å². The number of rotatable bonds is 16. The maximum atomic E-state index is 15.3. The Hall–Kier alpha value is -7.22. The highest BCUT2D eigenvalue weighted by atomic mass is 32.1. The molecule has 0 saturated carbocycles. The van der Waals surface area contributed by atoms with Crippen LogP contribution >= 0.6 is 11.3 Å². The van der Waals surface area contributed by atoms with E-state index in [-0.39, 0.29) is 81.3 Å². The number of aryl methyl sites for hydroxylation is 1. The van der Waals surface area contributed by atoms with Crippen molar-refractivity contribution in [1.82, 2.24) is 35.2 Å². The fourth-order valence-corrected chi connectivity index (χ4v) is 12.3. The van der Waals surface area contributed by atoms with Gasteiger partial charge < -0.3 is 49.7 Å². The third kappa shape index (κ3) is 10.9. The van der Waals surface area contributed by atoms with Gasteiger partial charge in [-0.1, -0.05) is 76.2 Å². The summed E-state index contributed by atoms with van der Waals surface area (Å²) in [5.41, 5.74) is 7.73. The molecule has 6 amide bonds. The molecule has 0 spiro atoms. The summed E-state index contributed by atoms with van der Waals surface area (Å²) in [4.78, 5) is 99.2. The number of nitrogens with one attached hydrogen (secondary N) is 2. The van der Waals surface area contributed by atoms with Crippen molar-refractivity contribution in [3.8, 4) is 16.2 Å². The van der Waals surface area contributed by atoms with Gasteiger partial charge >= 0.3 is 0 Å². The van der Waals surface area contributed by atoms with Crippen molar-refractivity contribution >= 4 is 52.5 Å². The summed E-state index contributed by atoms with van der Waals surface area (Å²) in [6.45, 7) is 12.6. The standard InChI is InChI=1S/C58H65FN8O9S/c1-33(2)50(57(73)64-30-42(68)23-48(64)53(69)61-27-38-13-12-37(22-47(38)59)52-35(5)62-32-77-52)67-29-40-14-17-43(24-46(40)56(67)72)76-44-25-49(54(70)60-26-36-10-15-41(16-11-36)63-18-20-75-21-19-63)65(31-44)58(74)51(34(3)4)66-28-39-8-6-7-9-45(39)55(66)71/h6-17,22,24,32-34,42,44,48-51,68H,18-21,23,25-31H2,1-5H3,(H,60,70)(H,61,69)/t42-,44-,48+,49+,50+,51+/m1/s1. The summed E-state index contributed by atoms with van der Waals surface area (Å²) in [5, 5.41) is 16.7. The number of carbonyl (C=O) groups is 6. The van der Waals surface area contributed by atoms with Crippen molar-refractivity contribution < 1.29 is 47.7 Å². The minimum absolute atomic E-state index is 0.0255. The molecule has 19 heteroatoms. The molecule has 3 saturated heterocycles. The molecule has 3 fully saturated rings. The van der Waals surface area contributed by atoms with E-state index >= 15 is 4.39 Å². The summed E-state index contributed by atoms with van der Waals surface area (Å²) >= 11 is 1.41. The van der Waals surface area contributed by atoms with Crippen molar-refractivity contribution in [2.45, 2.75) is 110 Å². The minimum atomic E-state index is -1.06. The molecule has 0 aliphatic carbocycles. The predicted octanol–water partition coefficient (Wildman–Crippen LogP) is 5.70. The van der Waals surface area contributed by atoms with Crippen LogP contribution in [0.25, 0.3) is 10.4 Å². The first kappa shape index (κ1) is 53.2. The van der Waals surface area contributed by atoms with Crippen molar-refractivity contribution in [2.24, 2.45) is 11.8 Å². The number of aromatic nitrogens is 1. The Kier molecular flexibility index (Phi) is 15.5. The van der Waals surface area contributed by atoms with Gasteiger partial charge in [-0.2, -0.15) is 0 Å². The van der Waals surface area contributed by atoms with Gasteiger partial charge in [-0.15, -0.1) is 11.3 Å². The van der Waals surface area contributed by atoms with Crippen molar-refractivity contribution in [3.63, 3.8) is 0 Å². The van der Waals surface area contributed by atoms with Crippen LogP contribution < -0.4 is 20.3 Å². The van der Waals surface area contributed by atoms with E-state index in [0.29, 0.717) is 41.2 Å². The Morgan fingerprint density at radius 3 is 2.03 bits per heavy atom. The van der Waals surface area contributed by atoms with Crippen LogP contribution in [0.15, 0.2) is 90.4 Å². The van der Waals surface area contributed by atoms with E-state index in [1.807, 2.05) is 71.0 Å². The molecule has 404 valence electrons. The van der Waals surface area contributed by atoms with Crippen LogP contribution in [0.5, 0.6) is 5.75 Å². The number of β-amino-alcohol motifs (C(OH)–C–C–N with tert-alkyl or cyclic N) is 1. The third-order valence-corrected chi connectivity index (χ3v) is 16.5. The average Bonchev–Trinajstić information content (AvgIpc) is 4.34. The number of anilines is 1. The third-order valence-electron chi connectivity index (χ3n) is 15.5. The molecule has 5 aromatic rings. The lowest BCUT2D eigenvalue weighted by Gasteiger charge is -2.35. The molecule has 77 heavy (non-hydrogen) atoms. The number of carbonyl (C=O) groups excluding carboxylic acids is 6. The Morgan fingerprint density at radius 2 is 1.39 bits per heavy atom. The highest BCUT2D eigenvalue weighted by Crippen LogP contribution is 2.36. The summed E-state index contributed by atoms with van der Waals surface area (Å²) in [5.74, 6) is -3.28. The van der Waals surface area contributed by atoms with Gasteiger partial charge in [-0.3, -0.25) is 28.8 Å². The average molecular weight is 1070 g/mol. The lowest BCUT2D eigenvalue weighted by atomic mass is 10.0. The van der Waals surface area contributed by atoms with Gasteiger partial charge in [0.25, 0.3) is 11.8 Å². The maximum Gasteiger partial charge on any atom is 0.255 e. The normalized spacial score (nSPS) is 21.0. The lowest BCUT2D eigenvalue weighted by molar-refractivity contribution is -0.143. The summed E-state index contributed by atoms with van der Waals surface area (Å²) in [6, 6.07) is 21.4. The smallest absolute Gasteiger partial charge is 0.255 e. The topological polar surface area (TPSA) is 194 Å². The van der Waals surface area contributed by atoms with Crippen LogP contribution in [0.4, 0.5) is 10.1 Å². The quantitative estimate of drug-likeness (QED) is 0.110. The molecule has 0 radical (unpaired) electrons. The molecule has 0 unspecified atom stereocenters. The highest BCUT2D eigenvalue weighted by molar-refractivity contribution is 7.13. The zero-order valence-electron chi connectivity index (χ0n) is 43.9. The molecule has 6 atom stereocenters. The monoisotopic (exact) mass is 1070 g/mol. The van der Waals surface area contributed by atoms with Gasteiger partial charge in [-0.05, 0) is 77.4 Å².